The molecule has 0 saturated carbocycles. The van der Waals surface area contributed by atoms with Crippen molar-refractivity contribution in [1.29, 1.82) is 0 Å². The molecule has 5 nitrogen and oxygen atoms in total. The van der Waals surface area contributed by atoms with Crippen LogP contribution in [0.5, 0.6) is 0 Å². The number of unbranched alkanes of at least 4 members (excludes halogenated alkanes) is 6. The summed E-state index contributed by atoms with van der Waals surface area (Å²) in [6, 6.07) is 16.5. The molecule has 1 aliphatic heterocycles. The zero-order valence-corrected chi connectivity index (χ0v) is 23.1. The summed E-state index contributed by atoms with van der Waals surface area (Å²) in [6.07, 6.45) is 12.5. The summed E-state index contributed by atoms with van der Waals surface area (Å²) in [5.41, 5.74) is 4.27. The van der Waals surface area contributed by atoms with Gasteiger partial charge in [0.15, 0.2) is 0 Å². The lowest BCUT2D eigenvalue weighted by molar-refractivity contribution is -0.121. The van der Waals surface area contributed by atoms with Crippen molar-refractivity contribution in [2.75, 3.05) is 19.6 Å². The second kappa shape index (κ2) is 16.2. The number of hydrogen-bond acceptors (Lipinski definition) is 3. The molecule has 1 aliphatic rings. The third-order valence-corrected chi connectivity index (χ3v) is 7.29. The van der Waals surface area contributed by atoms with Gasteiger partial charge in [0.25, 0.3) is 5.91 Å². The summed E-state index contributed by atoms with van der Waals surface area (Å²) in [7, 11) is 0. The van der Waals surface area contributed by atoms with E-state index in [2.05, 4.69) is 53.6 Å². The Morgan fingerprint density at radius 3 is 2.43 bits per heavy atom. The van der Waals surface area contributed by atoms with Crippen LogP contribution >= 0.6 is 0 Å². The summed E-state index contributed by atoms with van der Waals surface area (Å²) in [5.74, 6) is -0.0977. The van der Waals surface area contributed by atoms with Gasteiger partial charge in [-0.3, -0.25) is 14.5 Å². The molecule has 5 heteroatoms. The highest BCUT2D eigenvalue weighted by Gasteiger charge is 2.19. The minimum atomic E-state index is -0.110. The van der Waals surface area contributed by atoms with Crippen LogP contribution in [0.25, 0.3) is 11.1 Å². The largest absolute Gasteiger partial charge is 0.356 e. The molecule has 1 fully saturated rings. The molecule has 2 N–H and O–H groups in total. The fourth-order valence-electron chi connectivity index (χ4n) is 5.06. The highest BCUT2D eigenvalue weighted by Crippen LogP contribution is 2.22. The van der Waals surface area contributed by atoms with Crippen LogP contribution < -0.4 is 10.6 Å². The molecule has 2 aromatic carbocycles. The van der Waals surface area contributed by atoms with Gasteiger partial charge in [0.05, 0.1) is 0 Å². The minimum absolute atomic E-state index is 0.0123. The second-order valence-electron chi connectivity index (χ2n) is 10.5. The van der Waals surface area contributed by atoms with E-state index < -0.39 is 0 Å². The van der Waals surface area contributed by atoms with Crippen molar-refractivity contribution in [3.05, 3.63) is 59.7 Å². The molecule has 0 aromatic heterocycles. The molecule has 1 unspecified atom stereocenters. The molecular weight excluding hydrogens is 458 g/mol. The van der Waals surface area contributed by atoms with E-state index >= 15 is 0 Å². The fourth-order valence-corrected chi connectivity index (χ4v) is 5.06. The van der Waals surface area contributed by atoms with Gasteiger partial charge >= 0.3 is 0 Å². The van der Waals surface area contributed by atoms with E-state index in [1.54, 1.807) is 0 Å². The highest BCUT2D eigenvalue weighted by atomic mass is 16.2. The maximum absolute atomic E-state index is 12.8. The van der Waals surface area contributed by atoms with Crippen LogP contribution in [0.4, 0.5) is 0 Å². The summed E-state index contributed by atoms with van der Waals surface area (Å²) < 4.78 is 0. The first-order valence-corrected chi connectivity index (χ1v) is 14.6. The SMILES string of the molecule is CCCCCCCCN(CCCC)Cc1cccc(-c2ccc(C(=O)NC3CCCNC(=O)C3)cc2)c1. The molecule has 1 atom stereocenters. The molecule has 37 heavy (non-hydrogen) atoms. The van der Waals surface area contributed by atoms with Crippen molar-refractivity contribution in [1.82, 2.24) is 15.5 Å². The topological polar surface area (TPSA) is 61.4 Å². The Labute approximate surface area is 224 Å². The van der Waals surface area contributed by atoms with Crippen LogP contribution in [0, 0.1) is 0 Å². The smallest absolute Gasteiger partial charge is 0.251 e. The first kappa shape index (κ1) is 28.9. The standard InChI is InChI=1S/C32H47N3O2/c1-3-5-7-8-9-10-22-35(21-6-4-2)25-26-13-11-14-29(23-26)27-16-18-28(19-17-27)32(37)34-30-15-12-20-33-31(36)24-30/h11,13-14,16-19,23,30H,3-10,12,15,20-22,24-25H2,1-2H3,(H,33,36)(H,34,37). The normalized spacial score (nSPS) is 15.9. The number of carbonyl (C=O) groups excluding carboxylic acids is 2. The Morgan fingerprint density at radius 1 is 0.919 bits per heavy atom. The van der Waals surface area contributed by atoms with Crippen LogP contribution in [-0.4, -0.2) is 42.4 Å². The number of carbonyl (C=O) groups is 2. The molecule has 2 amide bonds. The molecule has 1 heterocycles. The zero-order valence-electron chi connectivity index (χ0n) is 23.1. The van der Waals surface area contributed by atoms with Crippen molar-refractivity contribution < 1.29 is 9.59 Å². The van der Waals surface area contributed by atoms with Gasteiger partial charge in [-0.1, -0.05) is 82.7 Å². The molecule has 0 radical (unpaired) electrons. The van der Waals surface area contributed by atoms with Gasteiger partial charge in [-0.2, -0.15) is 0 Å². The van der Waals surface area contributed by atoms with Crippen LogP contribution in [0.1, 0.15) is 100 Å². The number of benzene rings is 2. The Kier molecular flexibility index (Phi) is 12.7. The third-order valence-electron chi connectivity index (χ3n) is 7.29. The molecule has 0 bridgehead atoms. The van der Waals surface area contributed by atoms with Crippen molar-refractivity contribution in [3.63, 3.8) is 0 Å². The first-order chi connectivity index (χ1) is 18.1. The van der Waals surface area contributed by atoms with Crippen LogP contribution in [-0.2, 0) is 11.3 Å². The lowest BCUT2D eigenvalue weighted by atomic mass is 10.0. The van der Waals surface area contributed by atoms with Gasteiger partial charge in [-0.15, -0.1) is 0 Å². The average Bonchev–Trinajstić information content (AvgIpc) is 3.12. The minimum Gasteiger partial charge on any atom is -0.356 e. The van der Waals surface area contributed by atoms with Crippen LogP contribution in [0.2, 0.25) is 0 Å². The second-order valence-corrected chi connectivity index (χ2v) is 10.5. The Hall–Kier alpha value is -2.66. The summed E-state index contributed by atoms with van der Waals surface area (Å²) in [5, 5.41) is 5.90. The molecule has 0 spiro atoms. The fraction of sp³-hybridized carbons (Fsp3) is 0.562. The van der Waals surface area contributed by atoms with E-state index in [0.29, 0.717) is 18.5 Å². The Morgan fingerprint density at radius 2 is 1.65 bits per heavy atom. The first-order valence-electron chi connectivity index (χ1n) is 14.6. The molecule has 0 aliphatic carbocycles. The van der Waals surface area contributed by atoms with Gasteiger partial charge < -0.3 is 10.6 Å². The predicted octanol–water partition coefficient (Wildman–Crippen LogP) is 6.71. The quantitative estimate of drug-likeness (QED) is 0.264. The van der Waals surface area contributed by atoms with Gasteiger partial charge in [-0.05, 0) is 73.7 Å². The zero-order chi connectivity index (χ0) is 26.3. The summed E-state index contributed by atoms with van der Waals surface area (Å²) in [6.45, 7) is 8.53. The average molecular weight is 506 g/mol. The van der Waals surface area contributed by atoms with Crippen LogP contribution in [0.3, 0.4) is 0 Å². The van der Waals surface area contributed by atoms with E-state index in [9.17, 15) is 9.59 Å². The van der Waals surface area contributed by atoms with Crippen molar-refractivity contribution in [2.45, 2.75) is 97.1 Å². The van der Waals surface area contributed by atoms with E-state index in [4.69, 9.17) is 0 Å². The Balaban J connectivity index is 1.57. The molecule has 202 valence electrons. The molecule has 1 saturated heterocycles. The van der Waals surface area contributed by atoms with Crippen molar-refractivity contribution in [3.8, 4) is 11.1 Å². The van der Waals surface area contributed by atoms with Gasteiger partial charge in [-0.25, -0.2) is 0 Å². The highest BCUT2D eigenvalue weighted by molar-refractivity contribution is 5.95. The number of nitrogens with one attached hydrogen (secondary N) is 2. The maximum atomic E-state index is 12.8. The summed E-state index contributed by atoms with van der Waals surface area (Å²) in [4.78, 5) is 27.2. The monoisotopic (exact) mass is 505 g/mol. The number of nitrogens with zero attached hydrogens (tertiary/aromatic N) is 1. The van der Waals surface area contributed by atoms with Crippen LogP contribution in [0.15, 0.2) is 48.5 Å². The third kappa shape index (κ3) is 10.3. The lowest BCUT2D eigenvalue weighted by Gasteiger charge is -2.22. The number of rotatable bonds is 15. The van der Waals surface area contributed by atoms with E-state index in [0.717, 1.165) is 31.5 Å². The number of amides is 2. The number of hydrogen-bond donors (Lipinski definition) is 2. The van der Waals surface area contributed by atoms with Crippen molar-refractivity contribution >= 4 is 11.8 Å². The van der Waals surface area contributed by atoms with Gasteiger partial charge in [0.1, 0.15) is 0 Å². The molecular formula is C32H47N3O2. The Bertz CT molecular complexity index is 957. The lowest BCUT2D eigenvalue weighted by Crippen LogP contribution is -2.36. The molecule has 3 rings (SSSR count). The summed E-state index contributed by atoms with van der Waals surface area (Å²) >= 11 is 0. The van der Waals surface area contributed by atoms with Crippen molar-refractivity contribution in [2.24, 2.45) is 0 Å². The van der Waals surface area contributed by atoms with E-state index in [-0.39, 0.29) is 17.9 Å². The van der Waals surface area contributed by atoms with E-state index in [1.165, 1.54) is 69.0 Å². The van der Waals surface area contributed by atoms with Gasteiger partial charge in [0.2, 0.25) is 5.91 Å². The molecule has 2 aromatic rings. The van der Waals surface area contributed by atoms with Gasteiger partial charge in [0, 0.05) is 31.1 Å². The van der Waals surface area contributed by atoms with E-state index in [1.807, 2.05) is 24.3 Å². The maximum Gasteiger partial charge on any atom is 0.251 e. The predicted molar refractivity (Wildman–Crippen MR) is 154 cm³/mol.